The Bertz CT molecular complexity index is 601. The molecule has 1 aromatic rings. The van der Waals surface area contributed by atoms with Gasteiger partial charge in [0.1, 0.15) is 12.7 Å². The van der Waals surface area contributed by atoms with Crippen molar-refractivity contribution in [1.82, 2.24) is 10.2 Å². The molecule has 3 N–H and O–H groups in total. The Balaban J connectivity index is 2.12. The van der Waals surface area contributed by atoms with E-state index in [4.69, 9.17) is 4.74 Å². The molecular formula is C18H27N3O4. The van der Waals surface area contributed by atoms with Crippen LogP contribution in [-0.2, 0) is 9.53 Å². The summed E-state index contributed by atoms with van der Waals surface area (Å²) in [6.45, 7) is 7.44. The maximum absolute atomic E-state index is 12.1. The summed E-state index contributed by atoms with van der Waals surface area (Å²) in [4.78, 5) is 25.5. The summed E-state index contributed by atoms with van der Waals surface area (Å²) in [5.41, 5.74) is 1.52. The van der Waals surface area contributed by atoms with E-state index in [2.05, 4.69) is 10.6 Å². The van der Waals surface area contributed by atoms with Gasteiger partial charge in [-0.15, -0.1) is 0 Å². The number of hydrogen-bond donors (Lipinski definition) is 3. The van der Waals surface area contributed by atoms with Crippen LogP contribution in [0.15, 0.2) is 24.3 Å². The number of aliphatic hydroxyl groups is 1. The Hall–Kier alpha value is -2.12. The fourth-order valence-electron chi connectivity index (χ4n) is 3.04. The lowest BCUT2D eigenvalue weighted by atomic mass is 9.98. The number of amides is 3. The minimum atomic E-state index is -0.427. The summed E-state index contributed by atoms with van der Waals surface area (Å²) in [7, 11) is 0. The fraction of sp³-hybridized carbons (Fsp3) is 0.556. The lowest BCUT2D eigenvalue weighted by molar-refractivity contribution is -0.164. The van der Waals surface area contributed by atoms with Crippen LogP contribution in [0.25, 0.3) is 0 Å². The molecular weight excluding hydrogens is 322 g/mol. The molecule has 0 bridgehead atoms. The third-order valence-corrected chi connectivity index (χ3v) is 4.04. The van der Waals surface area contributed by atoms with Crippen molar-refractivity contribution < 1.29 is 19.4 Å². The Morgan fingerprint density at radius 2 is 1.92 bits per heavy atom. The molecule has 7 nitrogen and oxygen atoms in total. The molecule has 1 aliphatic heterocycles. The molecule has 1 aromatic carbocycles. The molecule has 7 heteroatoms. The standard InChI is InChI=1S/C18H27N3O4/c1-11(2)19-18(24)20-14-7-5-13(6-8-14)17-15(9-22)21(12(3)4)16(23)10-25-17/h5-8,11-12,15,17,22H,9-10H2,1-4H3,(H2,19,20,24)/t15-,17-/m1/s1. The second-order valence-corrected chi connectivity index (χ2v) is 6.75. The quantitative estimate of drug-likeness (QED) is 0.757. The molecule has 0 unspecified atom stereocenters. The lowest BCUT2D eigenvalue weighted by Crippen LogP contribution is -2.55. The van der Waals surface area contributed by atoms with Crippen molar-refractivity contribution in [2.75, 3.05) is 18.5 Å². The van der Waals surface area contributed by atoms with E-state index in [9.17, 15) is 14.7 Å². The molecule has 0 spiro atoms. The highest BCUT2D eigenvalue weighted by Gasteiger charge is 2.38. The first kappa shape index (κ1) is 19.2. The van der Waals surface area contributed by atoms with E-state index in [1.165, 1.54) is 0 Å². The van der Waals surface area contributed by atoms with Crippen LogP contribution in [0.1, 0.15) is 39.4 Å². The normalized spacial score (nSPS) is 20.9. The Kier molecular flexibility index (Phi) is 6.39. The first-order chi connectivity index (χ1) is 11.8. The molecule has 1 saturated heterocycles. The maximum Gasteiger partial charge on any atom is 0.319 e. The largest absolute Gasteiger partial charge is 0.394 e. The van der Waals surface area contributed by atoms with E-state index in [-0.39, 0.29) is 37.2 Å². The van der Waals surface area contributed by atoms with Crippen LogP contribution in [0, 0.1) is 0 Å². The van der Waals surface area contributed by atoms with E-state index in [1.807, 2.05) is 39.8 Å². The average Bonchev–Trinajstić information content (AvgIpc) is 2.54. The molecule has 25 heavy (non-hydrogen) atoms. The van der Waals surface area contributed by atoms with Gasteiger partial charge in [0.2, 0.25) is 5.91 Å². The first-order valence-corrected chi connectivity index (χ1v) is 8.54. The van der Waals surface area contributed by atoms with E-state index in [1.54, 1.807) is 17.0 Å². The number of rotatable bonds is 5. The zero-order chi connectivity index (χ0) is 18.6. The second kappa shape index (κ2) is 8.31. The van der Waals surface area contributed by atoms with Gasteiger partial charge in [0.15, 0.2) is 0 Å². The van der Waals surface area contributed by atoms with Crippen molar-refractivity contribution >= 4 is 17.6 Å². The van der Waals surface area contributed by atoms with Crippen LogP contribution in [-0.4, -0.2) is 53.3 Å². The van der Waals surface area contributed by atoms with Crippen molar-refractivity contribution in [1.29, 1.82) is 0 Å². The molecule has 0 aromatic heterocycles. The van der Waals surface area contributed by atoms with Gasteiger partial charge in [-0.3, -0.25) is 4.79 Å². The molecule has 0 aliphatic carbocycles. The summed E-state index contributed by atoms with van der Waals surface area (Å²) >= 11 is 0. The third kappa shape index (κ3) is 4.70. The number of morpholine rings is 1. The summed E-state index contributed by atoms with van der Waals surface area (Å²) in [5, 5.41) is 15.3. The third-order valence-electron chi connectivity index (χ3n) is 4.04. The van der Waals surface area contributed by atoms with Crippen molar-refractivity contribution in [3.8, 4) is 0 Å². The Morgan fingerprint density at radius 3 is 2.44 bits per heavy atom. The van der Waals surface area contributed by atoms with Crippen molar-refractivity contribution in [3.05, 3.63) is 29.8 Å². The van der Waals surface area contributed by atoms with Gasteiger partial charge in [-0.05, 0) is 45.4 Å². The van der Waals surface area contributed by atoms with Gasteiger partial charge in [0.25, 0.3) is 0 Å². The van der Waals surface area contributed by atoms with Gasteiger partial charge in [-0.2, -0.15) is 0 Å². The number of aliphatic hydroxyl groups excluding tert-OH is 1. The van der Waals surface area contributed by atoms with Gasteiger partial charge in [0.05, 0.1) is 12.6 Å². The lowest BCUT2D eigenvalue weighted by Gasteiger charge is -2.42. The minimum absolute atomic E-state index is 0.00383. The van der Waals surface area contributed by atoms with E-state index >= 15 is 0 Å². The van der Waals surface area contributed by atoms with Gasteiger partial charge in [-0.25, -0.2) is 4.79 Å². The second-order valence-electron chi connectivity index (χ2n) is 6.75. The summed E-state index contributed by atoms with van der Waals surface area (Å²) in [5.74, 6) is -0.117. The van der Waals surface area contributed by atoms with Crippen LogP contribution in [0.3, 0.4) is 0 Å². The number of nitrogens with one attached hydrogen (secondary N) is 2. The smallest absolute Gasteiger partial charge is 0.319 e. The number of hydrogen-bond acceptors (Lipinski definition) is 4. The van der Waals surface area contributed by atoms with Crippen LogP contribution < -0.4 is 10.6 Å². The molecule has 0 radical (unpaired) electrons. The summed E-state index contributed by atoms with van der Waals surface area (Å²) in [6.07, 6.45) is -0.399. The number of ether oxygens (including phenoxy) is 1. The molecule has 1 heterocycles. The Morgan fingerprint density at radius 1 is 1.28 bits per heavy atom. The zero-order valence-corrected chi connectivity index (χ0v) is 15.2. The number of carbonyl (C=O) groups is 2. The van der Waals surface area contributed by atoms with Gasteiger partial charge >= 0.3 is 6.03 Å². The average molecular weight is 349 g/mol. The number of anilines is 1. The van der Waals surface area contributed by atoms with Gasteiger partial charge < -0.3 is 25.4 Å². The van der Waals surface area contributed by atoms with Crippen molar-refractivity contribution in [2.24, 2.45) is 0 Å². The van der Waals surface area contributed by atoms with Crippen LogP contribution in [0.4, 0.5) is 10.5 Å². The summed E-state index contributed by atoms with van der Waals surface area (Å²) < 4.78 is 5.68. The summed E-state index contributed by atoms with van der Waals surface area (Å²) in [6, 6.07) is 6.59. The fourth-order valence-corrected chi connectivity index (χ4v) is 3.04. The molecule has 138 valence electrons. The van der Waals surface area contributed by atoms with Crippen LogP contribution in [0.5, 0.6) is 0 Å². The van der Waals surface area contributed by atoms with Crippen molar-refractivity contribution in [3.63, 3.8) is 0 Å². The highest BCUT2D eigenvalue weighted by Crippen LogP contribution is 2.30. The minimum Gasteiger partial charge on any atom is -0.394 e. The molecule has 2 atom stereocenters. The number of nitrogens with zero attached hydrogens (tertiary/aromatic N) is 1. The highest BCUT2D eigenvalue weighted by molar-refractivity contribution is 5.89. The predicted molar refractivity (Wildman–Crippen MR) is 95.3 cm³/mol. The van der Waals surface area contributed by atoms with Crippen LogP contribution >= 0.6 is 0 Å². The predicted octanol–water partition coefficient (Wildman–Crippen LogP) is 1.89. The molecule has 1 fully saturated rings. The topological polar surface area (TPSA) is 90.9 Å². The van der Waals surface area contributed by atoms with E-state index in [0.29, 0.717) is 5.69 Å². The number of benzene rings is 1. The van der Waals surface area contributed by atoms with Gasteiger partial charge in [-0.1, -0.05) is 12.1 Å². The molecule has 0 saturated carbocycles. The number of carbonyl (C=O) groups excluding carboxylic acids is 2. The zero-order valence-electron chi connectivity index (χ0n) is 15.2. The molecule has 3 amide bonds. The van der Waals surface area contributed by atoms with Gasteiger partial charge in [0, 0.05) is 17.8 Å². The highest BCUT2D eigenvalue weighted by atomic mass is 16.5. The van der Waals surface area contributed by atoms with Crippen molar-refractivity contribution in [2.45, 2.75) is 51.9 Å². The van der Waals surface area contributed by atoms with E-state index < -0.39 is 12.1 Å². The Labute approximate surface area is 148 Å². The molecule has 1 aliphatic rings. The molecule has 2 rings (SSSR count). The first-order valence-electron chi connectivity index (χ1n) is 8.54. The maximum atomic E-state index is 12.1. The SMILES string of the molecule is CC(C)NC(=O)Nc1ccc([C@H]2OCC(=O)N(C(C)C)[C@@H]2CO)cc1. The van der Waals surface area contributed by atoms with Crippen LogP contribution in [0.2, 0.25) is 0 Å². The number of urea groups is 1. The monoisotopic (exact) mass is 349 g/mol. The van der Waals surface area contributed by atoms with E-state index in [0.717, 1.165) is 5.56 Å².